The summed E-state index contributed by atoms with van der Waals surface area (Å²) in [7, 11) is 0. The molecule has 0 amide bonds. The van der Waals surface area contributed by atoms with Crippen LogP contribution in [-0.2, 0) is 10.5 Å². The highest BCUT2D eigenvalue weighted by Crippen LogP contribution is 2.24. The molecule has 0 saturated carbocycles. The minimum absolute atomic E-state index is 0.281. The minimum Gasteiger partial charge on any atom is -0.386 e. The molecule has 1 atom stereocenters. The molecule has 21 heavy (non-hydrogen) atoms. The molecule has 2 aromatic carbocycles. The van der Waals surface area contributed by atoms with E-state index in [2.05, 4.69) is 24.3 Å². The number of ether oxygens (including phenoxy) is 1. The molecule has 0 fully saturated rings. The third-order valence-electron chi connectivity index (χ3n) is 3.01. The summed E-state index contributed by atoms with van der Waals surface area (Å²) in [5.74, 6) is 1.39. The molecule has 112 valence electrons. The number of hydrogen-bond donors (Lipinski definition) is 1. The predicted molar refractivity (Wildman–Crippen MR) is 88.9 cm³/mol. The van der Waals surface area contributed by atoms with Crippen molar-refractivity contribution in [1.29, 1.82) is 0 Å². The van der Waals surface area contributed by atoms with Gasteiger partial charge in [0, 0.05) is 16.5 Å². The van der Waals surface area contributed by atoms with Crippen molar-refractivity contribution in [1.82, 2.24) is 0 Å². The van der Waals surface area contributed by atoms with E-state index in [0.717, 1.165) is 11.3 Å². The molecular formula is C17H19ClO2S. The lowest BCUT2D eigenvalue weighted by atomic mass is 10.1. The SMILES string of the molecule is OC(COCCCl)c1ccc(SCc2ccccc2)cc1. The topological polar surface area (TPSA) is 29.5 Å². The quantitative estimate of drug-likeness (QED) is 0.447. The number of thioether (sulfide) groups is 1. The number of hydrogen-bond acceptors (Lipinski definition) is 3. The van der Waals surface area contributed by atoms with Gasteiger partial charge in [0.05, 0.1) is 13.2 Å². The van der Waals surface area contributed by atoms with Crippen molar-refractivity contribution >= 4 is 23.4 Å². The van der Waals surface area contributed by atoms with Crippen LogP contribution in [0.25, 0.3) is 0 Å². The monoisotopic (exact) mass is 322 g/mol. The van der Waals surface area contributed by atoms with Crippen LogP contribution < -0.4 is 0 Å². The second-order valence-electron chi connectivity index (χ2n) is 4.62. The van der Waals surface area contributed by atoms with Crippen LogP contribution in [0.3, 0.4) is 0 Å². The van der Waals surface area contributed by atoms with E-state index in [1.165, 1.54) is 10.5 Å². The molecule has 2 aromatic rings. The van der Waals surface area contributed by atoms with E-state index in [-0.39, 0.29) is 6.61 Å². The summed E-state index contributed by atoms with van der Waals surface area (Å²) in [6.07, 6.45) is -0.596. The summed E-state index contributed by atoms with van der Waals surface area (Å²) in [6.45, 7) is 0.743. The molecule has 0 aliphatic heterocycles. The van der Waals surface area contributed by atoms with Gasteiger partial charge in [0.15, 0.2) is 0 Å². The molecule has 1 unspecified atom stereocenters. The molecular weight excluding hydrogens is 304 g/mol. The van der Waals surface area contributed by atoms with Crippen LogP contribution in [0.5, 0.6) is 0 Å². The van der Waals surface area contributed by atoms with Crippen LogP contribution in [0.15, 0.2) is 59.5 Å². The number of aliphatic hydroxyl groups excluding tert-OH is 1. The maximum absolute atomic E-state index is 9.97. The normalized spacial score (nSPS) is 12.3. The molecule has 1 N–H and O–H groups in total. The van der Waals surface area contributed by atoms with Gasteiger partial charge in [0.2, 0.25) is 0 Å². The molecule has 2 rings (SSSR count). The highest BCUT2D eigenvalue weighted by molar-refractivity contribution is 7.98. The Hall–Kier alpha value is -1.00. The molecule has 4 heteroatoms. The van der Waals surface area contributed by atoms with Gasteiger partial charge in [-0.1, -0.05) is 42.5 Å². The van der Waals surface area contributed by atoms with Crippen molar-refractivity contribution in [2.45, 2.75) is 16.8 Å². The molecule has 0 heterocycles. The maximum Gasteiger partial charge on any atom is 0.102 e. The fourth-order valence-corrected chi connectivity index (χ4v) is 2.84. The molecule has 0 saturated heterocycles. The first-order chi connectivity index (χ1) is 10.3. The Morgan fingerprint density at radius 2 is 1.76 bits per heavy atom. The lowest BCUT2D eigenvalue weighted by Crippen LogP contribution is -2.08. The highest BCUT2D eigenvalue weighted by Gasteiger charge is 2.07. The Morgan fingerprint density at radius 1 is 1.05 bits per heavy atom. The predicted octanol–water partition coefficient (Wildman–Crippen LogP) is 4.27. The van der Waals surface area contributed by atoms with Crippen molar-refractivity contribution < 1.29 is 9.84 Å². The summed E-state index contributed by atoms with van der Waals surface area (Å²) in [5, 5.41) is 9.97. The molecule has 0 bridgehead atoms. The van der Waals surface area contributed by atoms with Crippen LogP contribution in [0, 0.1) is 0 Å². The van der Waals surface area contributed by atoms with E-state index in [1.807, 2.05) is 30.3 Å². The van der Waals surface area contributed by atoms with Gasteiger partial charge in [-0.3, -0.25) is 0 Å². The Balaban J connectivity index is 1.84. The number of aliphatic hydroxyl groups is 1. The Kier molecular flexibility index (Phi) is 7.10. The highest BCUT2D eigenvalue weighted by atomic mass is 35.5. The third kappa shape index (κ3) is 5.71. The van der Waals surface area contributed by atoms with Crippen LogP contribution in [0.1, 0.15) is 17.2 Å². The summed E-state index contributed by atoms with van der Waals surface area (Å²) in [4.78, 5) is 1.19. The van der Waals surface area contributed by atoms with Gasteiger partial charge in [0.1, 0.15) is 6.10 Å². The number of alkyl halides is 1. The van der Waals surface area contributed by atoms with E-state index >= 15 is 0 Å². The first kappa shape index (κ1) is 16.4. The summed E-state index contributed by atoms with van der Waals surface area (Å²) >= 11 is 7.31. The van der Waals surface area contributed by atoms with Gasteiger partial charge in [-0.05, 0) is 23.3 Å². The zero-order chi connectivity index (χ0) is 14.9. The molecule has 0 aliphatic carbocycles. The fraction of sp³-hybridized carbons (Fsp3) is 0.294. The minimum atomic E-state index is -0.596. The summed E-state index contributed by atoms with van der Waals surface area (Å²) < 4.78 is 5.25. The molecule has 0 radical (unpaired) electrons. The van der Waals surface area contributed by atoms with E-state index in [9.17, 15) is 5.11 Å². The Morgan fingerprint density at radius 3 is 2.43 bits per heavy atom. The summed E-state index contributed by atoms with van der Waals surface area (Å²) in [6, 6.07) is 18.3. The number of benzene rings is 2. The van der Waals surface area contributed by atoms with Gasteiger partial charge in [-0.25, -0.2) is 0 Å². The average molecular weight is 323 g/mol. The van der Waals surface area contributed by atoms with Gasteiger partial charge in [0.25, 0.3) is 0 Å². The molecule has 0 aliphatic rings. The number of halogens is 1. The van der Waals surface area contributed by atoms with Gasteiger partial charge < -0.3 is 9.84 Å². The zero-order valence-electron chi connectivity index (χ0n) is 11.7. The summed E-state index contributed by atoms with van der Waals surface area (Å²) in [5.41, 5.74) is 2.18. The van der Waals surface area contributed by atoms with Crippen LogP contribution in [0.2, 0.25) is 0 Å². The first-order valence-electron chi connectivity index (χ1n) is 6.88. The van der Waals surface area contributed by atoms with Gasteiger partial charge in [-0.15, -0.1) is 23.4 Å². The van der Waals surface area contributed by atoms with Crippen LogP contribution in [0.4, 0.5) is 0 Å². The maximum atomic E-state index is 9.97. The number of rotatable bonds is 8. The first-order valence-corrected chi connectivity index (χ1v) is 8.40. The van der Waals surface area contributed by atoms with Gasteiger partial charge >= 0.3 is 0 Å². The van der Waals surface area contributed by atoms with Crippen LogP contribution >= 0.6 is 23.4 Å². The smallest absolute Gasteiger partial charge is 0.102 e. The van der Waals surface area contributed by atoms with Crippen molar-refractivity contribution in [3.05, 3.63) is 65.7 Å². The average Bonchev–Trinajstić information content (AvgIpc) is 2.54. The third-order valence-corrected chi connectivity index (χ3v) is 4.25. The Bertz CT molecular complexity index is 516. The van der Waals surface area contributed by atoms with Gasteiger partial charge in [-0.2, -0.15) is 0 Å². The lowest BCUT2D eigenvalue weighted by molar-refractivity contribution is 0.0428. The zero-order valence-corrected chi connectivity index (χ0v) is 13.3. The van der Waals surface area contributed by atoms with Crippen molar-refractivity contribution in [2.75, 3.05) is 19.1 Å². The van der Waals surface area contributed by atoms with E-state index in [4.69, 9.17) is 16.3 Å². The molecule has 0 spiro atoms. The molecule has 2 nitrogen and oxygen atoms in total. The van der Waals surface area contributed by atoms with Crippen LogP contribution in [-0.4, -0.2) is 24.2 Å². The van der Waals surface area contributed by atoms with E-state index in [1.54, 1.807) is 11.8 Å². The fourth-order valence-electron chi connectivity index (χ4n) is 1.87. The van der Waals surface area contributed by atoms with E-state index in [0.29, 0.717) is 12.5 Å². The van der Waals surface area contributed by atoms with Crippen molar-refractivity contribution in [3.63, 3.8) is 0 Å². The standard InChI is InChI=1S/C17H19ClO2S/c18-10-11-20-12-17(19)15-6-8-16(9-7-15)21-13-14-4-2-1-3-5-14/h1-9,17,19H,10-13H2. The molecule has 0 aromatic heterocycles. The second-order valence-corrected chi connectivity index (χ2v) is 6.05. The van der Waals surface area contributed by atoms with E-state index < -0.39 is 6.10 Å². The lowest BCUT2D eigenvalue weighted by Gasteiger charge is -2.11. The van der Waals surface area contributed by atoms with Crippen molar-refractivity contribution in [3.8, 4) is 0 Å². The second kappa shape index (κ2) is 9.11. The largest absolute Gasteiger partial charge is 0.386 e. The van der Waals surface area contributed by atoms with Crippen molar-refractivity contribution in [2.24, 2.45) is 0 Å². The Labute approximate surface area is 135 Å².